The lowest BCUT2D eigenvalue weighted by Gasteiger charge is -2.09. The summed E-state index contributed by atoms with van der Waals surface area (Å²) in [4.78, 5) is 0. The molecule has 19 heavy (non-hydrogen) atoms. The van der Waals surface area contributed by atoms with Crippen molar-refractivity contribution in [3.63, 3.8) is 0 Å². The van der Waals surface area contributed by atoms with E-state index in [0.717, 1.165) is 11.3 Å². The van der Waals surface area contributed by atoms with Crippen molar-refractivity contribution in [2.75, 3.05) is 12.4 Å². The molecule has 0 unspecified atom stereocenters. The van der Waals surface area contributed by atoms with Crippen molar-refractivity contribution >= 4 is 5.69 Å². The molecule has 0 aromatic heterocycles. The summed E-state index contributed by atoms with van der Waals surface area (Å²) in [5.41, 5.74) is 1.42. The van der Waals surface area contributed by atoms with Gasteiger partial charge in [0.05, 0.1) is 12.8 Å². The quantitative estimate of drug-likeness (QED) is 0.903. The number of halogens is 2. The molecule has 0 spiro atoms. The normalized spacial score (nSPS) is 10.3. The maximum Gasteiger partial charge on any atom is 0.146 e. The van der Waals surface area contributed by atoms with Crippen LogP contribution in [0.5, 0.6) is 5.75 Å². The van der Waals surface area contributed by atoms with E-state index in [9.17, 15) is 8.78 Å². The van der Waals surface area contributed by atoms with Gasteiger partial charge in [0.25, 0.3) is 0 Å². The summed E-state index contributed by atoms with van der Waals surface area (Å²) in [6.45, 7) is 1.95. The zero-order valence-corrected chi connectivity index (χ0v) is 10.8. The van der Waals surface area contributed by atoms with Gasteiger partial charge in [-0.3, -0.25) is 0 Å². The maximum absolute atomic E-state index is 13.6. The zero-order valence-electron chi connectivity index (χ0n) is 10.8. The van der Waals surface area contributed by atoms with Crippen LogP contribution in [0.1, 0.15) is 11.1 Å². The van der Waals surface area contributed by atoms with Crippen molar-refractivity contribution in [3.8, 4) is 5.75 Å². The smallest absolute Gasteiger partial charge is 0.146 e. The molecule has 1 N–H and O–H groups in total. The molecule has 4 heteroatoms. The second kappa shape index (κ2) is 5.69. The fraction of sp³-hybridized carbons (Fsp3) is 0.200. The summed E-state index contributed by atoms with van der Waals surface area (Å²) in [7, 11) is 1.59. The minimum atomic E-state index is -0.451. The fourth-order valence-electron chi connectivity index (χ4n) is 1.72. The number of methoxy groups -OCH3 is 1. The standard InChI is InChI=1S/C15H15F2NO/c1-10-7-14(17)15(8-13(10)16)18-9-11-3-5-12(19-2)6-4-11/h3-8,18H,9H2,1-2H3. The first-order valence-corrected chi connectivity index (χ1v) is 5.92. The van der Waals surface area contributed by atoms with Crippen LogP contribution in [0.25, 0.3) is 0 Å². The maximum atomic E-state index is 13.6. The number of benzene rings is 2. The third kappa shape index (κ3) is 3.22. The van der Waals surface area contributed by atoms with Crippen LogP contribution < -0.4 is 10.1 Å². The molecule has 2 aromatic rings. The lowest BCUT2D eigenvalue weighted by atomic mass is 10.2. The largest absolute Gasteiger partial charge is 0.497 e. The second-order valence-electron chi connectivity index (χ2n) is 4.28. The predicted molar refractivity (Wildman–Crippen MR) is 71.4 cm³/mol. The molecule has 0 amide bonds. The highest BCUT2D eigenvalue weighted by Gasteiger charge is 2.06. The van der Waals surface area contributed by atoms with Crippen LogP contribution in [0.3, 0.4) is 0 Å². The molecule has 2 aromatic carbocycles. The Balaban J connectivity index is 2.07. The lowest BCUT2D eigenvalue weighted by Crippen LogP contribution is -2.02. The fourth-order valence-corrected chi connectivity index (χ4v) is 1.72. The summed E-state index contributed by atoms with van der Waals surface area (Å²) in [6.07, 6.45) is 0. The summed E-state index contributed by atoms with van der Waals surface area (Å²) in [5, 5.41) is 2.88. The van der Waals surface area contributed by atoms with Gasteiger partial charge in [-0.05, 0) is 36.2 Å². The van der Waals surface area contributed by atoms with E-state index in [4.69, 9.17) is 4.74 Å². The highest BCUT2D eigenvalue weighted by molar-refractivity contribution is 5.47. The van der Waals surface area contributed by atoms with Crippen molar-refractivity contribution in [2.24, 2.45) is 0 Å². The first kappa shape index (κ1) is 13.3. The van der Waals surface area contributed by atoms with Crippen LogP contribution in [0.15, 0.2) is 36.4 Å². The van der Waals surface area contributed by atoms with Gasteiger partial charge in [-0.2, -0.15) is 0 Å². The van der Waals surface area contributed by atoms with E-state index < -0.39 is 11.6 Å². The van der Waals surface area contributed by atoms with Gasteiger partial charge >= 0.3 is 0 Å². The first-order valence-electron chi connectivity index (χ1n) is 5.92. The van der Waals surface area contributed by atoms with E-state index >= 15 is 0 Å². The monoisotopic (exact) mass is 263 g/mol. The average molecular weight is 263 g/mol. The molecular formula is C15H15F2NO. The molecule has 0 saturated heterocycles. The van der Waals surface area contributed by atoms with E-state index in [0.29, 0.717) is 12.1 Å². The Morgan fingerprint density at radius 1 is 1.05 bits per heavy atom. The first-order chi connectivity index (χ1) is 9.10. The predicted octanol–water partition coefficient (Wildman–Crippen LogP) is 3.89. The van der Waals surface area contributed by atoms with Crippen LogP contribution in [0.2, 0.25) is 0 Å². The molecule has 0 radical (unpaired) electrons. The van der Waals surface area contributed by atoms with Crippen molar-refractivity contribution in [3.05, 3.63) is 59.2 Å². The molecule has 0 atom stereocenters. The Morgan fingerprint density at radius 2 is 1.74 bits per heavy atom. The van der Waals surface area contributed by atoms with Crippen molar-refractivity contribution in [2.45, 2.75) is 13.5 Å². The molecule has 0 aliphatic carbocycles. The molecule has 0 heterocycles. The molecule has 2 nitrogen and oxygen atoms in total. The van der Waals surface area contributed by atoms with Crippen LogP contribution in [-0.4, -0.2) is 7.11 Å². The topological polar surface area (TPSA) is 21.3 Å². The summed E-state index contributed by atoms with van der Waals surface area (Å²) >= 11 is 0. The van der Waals surface area contributed by atoms with Gasteiger partial charge in [0, 0.05) is 12.6 Å². The summed E-state index contributed by atoms with van der Waals surface area (Å²) < 4.78 is 32.0. The van der Waals surface area contributed by atoms with Crippen molar-refractivity contribution < 1.29 is 13.5 Å². The molecule has 2 rings (SSSR count). The molecular weight excluding hydrogens is 248 g/mol. The molecule has 0 saturated carbocycles. The Morgan fingerprint density at radius 3 is 2.37 bits per heavy atom. The van der Waals surface area contributed by atoms with E-state index in [1.807, 2.05) is 24.3 Å². The second-order valence-corrected chi connectivity index (χ2v) is 4.28. The number of ether oxygens (including phenoxy) is 1. The molecule has 100 valence electrons. The van der Waals surface area contributed by atoms with Crippen LogP contribution in [-0.2, 0) is 6.54 Å². The van der Waals surface area contributed by atoms with Crippen LogP contribution >= 0.6 is 0 Å². The number of anilines is 1. The number of rotatable bonds is 4. The minimum absolute atomic E-state index is 0.166. The summed E-state index contributed by atoms with van der Waals surface area (Å²) in [5.74, 6) is -0.109. The Hall–Kier alpha value is -2.10. The third-order valence-electron chi connectivity index (χ3n) is 2.89. The lowest BCUT2D eigenvalue weighted by molar-refractivity contribution is 0.414. The Bertz CT molecular complexity index is 567. The Labute approximate surface area is 111 Å². The van der Waals surface area contributed by atoms with Gasteiger partial charge in [-0.15, -0.1) is 0 Å². The van der Waals surface area contributed by atoms with Gasteiger partial charge in [0.15, 0.2) is 0 Å². The Kier molecular flexibility index (Phi) is 4.00. The van der Waals surface area contributed by atoms with Crippen molar-refractivity contribution in [1.82, 2.24) is 0 Å². The summed E-state index contributed by atoms with van der Waals surface area (Å²) in [6, 6.07) is 9.74. The van der Waals surface area contributed by atoms with Crippen LogP contribution in [0.4, 0.5) is 14.5 Å². The van der Waals surface area contributed by atoms with Gasteiger partial charge in [0.1, 0.15) is 17.4 Å². The van der Waals surface area contributed by atoms with Crippen LogP contribution in [0, 0.1) is 18.6 Å². The van der Waals surface area contributed by atoms with Gasteiger partial charge in [-0.1, -0.05) is 12.1 Å². The van der Waals surface area contributed by atoms with E-state index in [1.165, 1.54) is 19.1 Å². The van der Waals surface area contributed by atoms with E-state index in [-0.39, 0.29) is 5.69 Å². The number of nitrogens with one attached hydrogen (secondary N) is 1. The SMILES string of the molecule is COc1ccc(CNc2cc(F)c(C)cc2F)cc1. The highest BCUT2D eigenvalue weighted by atomic mass is 19.1. The minimum Gasteiger partial charge on any atom is -0.497 e. The highest BCUT2D eigenvalue weighted by Crippen LogP contribution is 2.20. The zero-order chi connectivity index (χ0) is 13.8. The van der Waals surface area contributed by atoms with Gasteiger partial charge in [-0.25, -0.2) is 8.78 Å². The van der Waals surface area contributed by atoms with Crippen molar-refractivity contribution in [1.29, 1.82) is 0 Å². The number of aryl methyl sites for hydroxylation is 1. The third-order valence-corrected chi connectivity index (χ3v) is 2.89. The van der Waals surface area contributed by atoms with Gasteiger partial charge < -0.3 is 10.1 Å². The van der Waals surface area contributed by atoms with Gasteiger partial charge in [0.2, 0.25) is 0 Å². The molecule has 0 fully saturated rings. The molecule has 0 aliphatic heterocycles. The number of hydrogen-bond acceptors (Lipinski definition) is 2. The molecule has 0 bridgehead atoms. The number of hydrogen-bond donors (Lipinski definition) is 1. The van der Waals surface area contributed by atoms with E-state index in [2.05, 4.69) is 5.32 Å². The average Bonchev–Trinajstić information content (AvgIpc) is 2.42. The molecule has 0 aliphatic rings. The van der Waals surface area contributed by atoms with E-state index in [1.54, 1.807) is 7.11 Å².